The molecule has 0 rings (SSSR count). The number of nitrogens with two attached hydrogens (primary N) is 1. The number of nitrogens with zero attached hydrogens (tertiary/aromatic N) is 2. The van der Waals surface area contributed by atoms with Crippen LogP contribution in [-0.4, -0.2) is 46.8 Å². The Morgan fingerprint density at radius 2 is 2.08 bits per heavy atom. The van der Waals surface area contributed by atoms with E-state index in [9.17, 15) is 0 Å². The lowest BCUT2D eigenvalue weighted by atomic mass is 10.2. The van der Waals surface area contributed by atoms with Gasteiger partial charge in [0.25, 0.3) is 0 Å². The molecule has 0 aromatic carbocycles. The highest BCUT2D eigenvalue weighted by Crippen LogP contribution is 2.01. The van der Waals surface area contributed by atoms with Crippen molar-refractivity contribution in [3.63, 3.8) is 0 Å². The summed E-state index contributed by atoms with van der Waals surface area (Å²) >= 11 is 0. The summed E-state index contributed by atoms with van der Waals surface area (Å²) in [7, 11) is 1.89. The van der Waals surface area contributed by atoms with E-state index in [2.05, 4.69) is 5.16 Å². The van der Waals surface area contributed by atoms with Gasteiger partial charge in [0.05, 0.1) is 6.10 Å². The number of likely N-dealkylation sites (N-methyl/N-ethyl adjacent to an activating group) is 1. The van der Waals surface area contributed by atoms with Crippen LogP contribution in [0.15, 0.2) is 5.16 Å². The van der Waals surface area contributed by atoms with Crippen molar-refractivity contribution in [1.82, 2.24) is 4.90 Å². The van der Waals surface area contributed by atoms with Crippen molar-refractivity contribution < 1.29 is 10.3 Å². The first-order valence-corrected chi connectivity index (χ1v) is 4.32. The lowest BCUT2D eigenvalue weighted by Gasteiger charge is -2.25. The van der Waals surface area contributed by atoms with E-state index in [0.29, 0.717) is 13.0 Å². The van der Waals surface area contributed by atoms with Crippen LogP contribution in [0, 0.1) is 0 Å². The quantitative estimate of drug-likeness (QED) is 0.242. The summed E-state index contributed by atoms with van der Waals surface area (Å²) in [6.07, 6.45) is 0.138. The molecule has 4 N–H and O–H groups in total. The SMILES string of the molecule is CC(O)CN(C)C(C)CC(N)=NO. The molecule has 0 fully saturated rings. The highest BCUT2D eigenvalue weighted by Gasteiger charge is 2.12. The normalized spacial score (nSPS) is 17.5. The molecule has 0 radical (unpaired) electrons. The van der Waals surface area contributed by atoms with Gasteiger partial charge in [-0.05, 0) is 20.9 Å². The number of hydrogen-bond acceptors (Lipinski definition) is 4. The standard InChI is InChI=1S/C8H19N3O2/c1-6(4-8(9)10-13)11(3)5-7(2)12/h6-7,12-13H,4-5H2,1-3H3,(H2,9,10). The second kappa shape index (κ2) is 5.77. The minimum Gasteiger partial charge on any atom is -0.409 e. The summed E-state index contributed by atoms with van der Waals surface area (Å²) in [5.74, 6) is 0.213. The second-order valence-electron chi connectivity index (χ2n) is 3.43. The number of amidine groups is 1. The summed E-state index contributed by atoms with van der Waals surface area (Å²) in [6, 6.07) is 0.158. The van der Waals surface area contributed by atoms with Crippen LogP contribution in [0.2, 0.25) is 0 Å². The van der Waals surface area contributed by atoms with Gasteiger partial charge in [-0.3, -0.25) is 0 Å². The van der Waals surface area contributed by atoms with Crippen LogP contribution < -0.4 is 5.73 Å². The zero-order valence-corrected chi connectivity index (χ0v) is 8.44. The summed E-state index contributed by atoms with van der Waals surface area (Å²) in [4.78, 5) is 1.96. The van der Waals surface area contributed by atoms with Gasteiger partial charge in [0.1, 0.15) is 5.84 Å². The molecule has 5 nitrogen and oxygen atoms in total. The number of aliphatic hydroxyl groups is 1. The van der Waals surface area contributed by atoms with Crippen molar-refractivity contribution >= 4 is 5.84 Å². The van der Waals surface area contributed by atoms with Gasteiger partial charge in [0.2, 0.25) is 0 Å². The van der Waals surface area contributed by atoms with Gasteiger partial charge < -0.3 is 20.9 Å². The van der Waals surface area contributed by atoms with Crippen molar-refractivity contribution in [3.05, 3.63) is 0 Å². The van der Waals surface area contributed by atoms with Crippen molar-refractivity contribution in [1.29, 1.82) is 0 Å². The van der Waals surface area contributed by atoms with Gasteiger partial charge in [-0.1, -0.05) is 5.16 Å². The van der Waals surface area contributed by atoms with Gasteiger partial charge >= 0.3 is 0 Å². The van der Waals surface area contributed by atoms with Gasteiger partial charge in [-0.25, -0.2) is 0 Å². The molecule has 0 aliphatic carbocycles. The first-order valence-electron chi connectivity index (χ1n) is 4.32. The fourth-order valence-corrected chi connectivity index (χ4v) is 1.10. The molecule has 0 aromatic rings. The Hall–Kier alpha value is -0.810. The van der Waals surface area contributed by atoms with Crippen LogP contribution in [0.4, 0.5) is 0 Å². The molecular formula is C8H19N3O2. The van der Waals surface area contributed by atoms with Gasteiger partial charge in [0.15, 0.2) is 0 Å². The van der Waals surface area contributed by atoms with E-state index in [0.717, 1.165) is 0 Å². The molecule has 78 valence electrons. The molecule has 0 bridgehead atoms. The van der Waals surface area contributed by atoms with Gasteiger partial charge in [-0.2, -0.15) is 0 Å². The van der Waals surface area contributed by atoms with Gasteiger partial charge in [-0.15, -0.1) is 0 Å². The monoisotopic (exact) mass is 189 g/mol. The molecule has 0 amide bonds. The fourth-order valence-electron chi connectivity index (χ4n) is 1.10. The highest BCUT2D eigenvalue weighted by molar-refractivity contribution is 5.80. The lowest BCUT2D eigenvalue weighted by molar-refractivity contribution is 0.123. The summed E-state index contributed by atoms with van der Waals surface area (Å²) in [6.45, 7) is 4.27. The van der Waals surface area contributed by atoms with Crippen LogP contribution >= 0.6 is 0 Å². The van der Waals surface area contributed by atoms with Crippen LogP contribution in [-0.2, 0) is 0 Å². The predicted octanol–water partition coefficient (Wildman–Crippen LogP) is -0.176. The molecule has 2 unspecified atom stereocenters. The van der Waals surface area contributed by atoms with E-state index in [1.54, 1.807) is 6.92 Å². The molecule has 0 aliphatic rings. The van der Waals surface area contributed by atoms with Crippen LogP contribution in [0.5, 0.6) is 0 Å². The Labute approximate surface area is 78.8 Å². The zero-order chi connectivity index (χ0) is 10.4. The fraction of sp³-hybridized carbons (Fsp3) is 0.875. The van der Waals surface area contributed by atoms with E-state index < -0.39 is 0 Å². The van der Waals surface area contributed by atoms with Crippen molar-refractivity contribution in [3.8, 4) is 0 Å². The van der Waals surface area contributed by atoms with Crippen molar-refractivity contribution in [2.45, 2.75) is 32.4 Å². The Balaban J connectivity index is 3.88. The molecule has 13 heavy (non-hydrogen) atoms. The number of aliphatic hydroxyl groups excluding tert-OH is 1. The van der Waals surface area contributed by atoms with Gasteiger partial charge in [0, 0.05) is 19.0 Å². The molecular weight excluding hydrogens is 170 g/mol. The van der Waals surface area contributed by atoms with Crippen LogP contribution in [0.3, 0.4) is 0 Å². The van der Waals surface area contributed by atoms with Crippen molar-refractivity contribution in [2.24, 2.45) is 10.9 Å². The first kappa shape index (κ1) is 12.2. The maximum absolute atomic E-state index is 9.11. The third-order valence-corrected chi connectivity index (χ3v) is 1.94. The maximum Gasteiger partial charge on any atom is 0.140 e. The molecule has 0 saturated carbocycles. The Bertz CT molecular complexity index is 171. The Morgan fingerprint density at radius 3 is 2.46 bits per heavy atom. The molecule has 0 saturated heterocycles. The molecule has 0 spiro atoms. The highest BCUT2D eigenvalue weighted by atomic mass is 16.4. The Kier molecular flexibility index (Phi) is 5.41. The maximum atomic E-state index is 9.11. The van der Waals surface area contributed by atoms with E-state index >= 15 is 0 Å². The molecule has 0 aromatic heterocycles. The third-order valence-electron chi connectivity index (χ3n) is 1.94. The molecule has 0 aliphatic heterocycles. The summed E-state index contributed by atoms with van der Waals surface area (Å²) < 4.78 is 0. The molecule has 2 atom stereocenters. The second-order valence-corrected chi connectivity index (χ2v) is 3.43. The average Bonchev–Trinajstić information content (AvgIpc) is 2.02. The van der Waals surface area contributed by atoms with E-state index in [4.69, 9.17) is 16.0 Å². The lowest BCUT2D eigenvalue weighted by Crippen LogP contribution is -2.37. The van der Waals surface area contributed by atoms with Crippen LogP contribution in [0.25, 0.3) is 0 Å². The van der Waals surface area contributed by atoms with Crippen LogP contribution in [0.1, 0.15) is 20.3 Å². The Morgan fingerprint density at radius 1 is 1.54 bits per heavy atom. The summed E-state index contributed by atoms with van der Waals surface area (Å²) in [5, 5.41) is 20.3. The van der Waals surface area contributed by atoms with E-state index in [-0.39, 0.29) is 18.0 Å². The topological polar surface area (TPSA) is 82.1 Å². The smallest absolute Gasteiger partial charge is 0.140 e. The van der Waals surface area contributed by atoms with E-state index in [1.165, 1.54) is 0 Å². The van der Waals surface area contributed by atoms with E-state index in [1.807, 2.05) is 18.9 Å². The molecule has 0 heterocycles. The molecule has 5 heteroatoms. The number of oxime groups is 1. The predicted molar refractivity (Wildman–Crippen MR) is 51.8 cm³/mol. The minimum absolute atomic E-state index is 0.158. The summed E-state index contributed by atoms with van der Waals surface area (Å²) in [5.41, 5.74) is 5.35. The average molecular weight is 189 g/mol. The third kappa shape index (κ3) is 5.43. The zero-order valence-electron chi connectivity index (χ0n) is 8.44. The minimum atomic E-state index is -0.361. The largest absolute Gasteiger partial charge is 0.409 e. The first-order chi connectivity index (χ1) is 5.97. The van der Waals surface area contributed by atoms with Crippen molar-refractivity contribution in [2.75, 3.05) is 13.6 Å². The number of hydrogen-bond donors (Lipinski definition) is 3. The number of rotatable bonds is 5.